The molecule has 6 heteroatoms. The summed E-state index contributed by atoms with van der Waals surface area (Å²) in [4.78, 5) is 7.40. The van der Waals surface area contributed by atoms with Crippen LogP contribution in [0.2, 0.25) is 0 Å². The van der Waals surface area contributed by atoms with Crippen molar-refractivity contribution < 1.29 is 8.78 Å². The zero-order valence-corrected chi connectivity index (χ0v) is 9.33. The largest absolute Gasteiger partial charge is 0.261 e. The van der Waals surface area contributed by atoms with Crippen molar-refractivity contribution in [1.82, 2.24) is 9.97 Å². The van der Waals surface area contributed by atoms with E-state index in [0.717, 1.165) is 6.20 Å². The summed E-state index contributed by atoms with van der Waals surface area (Å²) in [5, 5.41) is 0.448. The fourth-order valence-corrected chi connectivity index (χ4v) is 2.51. The molecule has 0 aliphatic carbocycles. The van der Waals surface area contributed by atoms with E-state index in [1.54, 1.807) is 6.26 Å². The molecule has 2 aromatic heterocycles. The van der Waals surface area contributed by atoms with Crippen LogP contribution in [-0.2, 0) is 0 Å². The van der Waals surface area contributed by atoms with E-state index in [4.69, 9.17) is 0 Å². The molecule has 0 aliphatic heterocycles. The topological polar surface area (TPSA) is 25.8 Å². The standard InChI is InChI=1S/C9H6F2N2S2/c1-14-9-7(11)13-8(15-9)5-2-6(10)4-12-3-5/h2-4H,1H3. The van der Waals surface area contributed by atoms with Crippen LogP contribution in [0.1, 0.15) is 0 Å². The molecule has 0 saturated carbocycles. The quantitative estimate of drug-likeness (QED) is 0.759. The van der Waals surface area contributed by atoms with Gasteiger partial charge in [0.15, 0.2) is 0 Å². The second-order valence-corrected chi connectivity index (χ2v) is 4.77. The molecule has 2 rings (SSSR count). The SMILES string of the molecule is CSc1sc(-c2cncc(F)c2)nc1F. The Morgan fingerprint density at radius 2 is 2.13 bits per heavy atom. The molecule has 0 saturated heterocycles. The Bertz CT molecular complexity index is 485. The van der Waals surface area contributed by atoms with Crippen LogP contribution in [0.25, 0.3) is 10.6 Å². The van der Waals surface area contributed by atoms with Gasteiger partial charge in [-0.25, -0.2) is 9.37 Å². The molecule has 2 heterocycles. The molecule has 0 amide bonds. The number of hydrogen-bond donors (Lipinski definition) is 0. The first-order valence-corrected chi connectivity index (χ1v) is 6.06. The molecule has 0 N–H and O–H groups in total. The van der Waals surface area contributed by atoms with E-state index in [0.29, 0.717) is 14.8 Å². The average Bonchev–Trinajstić information content (AvgIpc) is 2.60. The average molecular weight is 244 g/mol. The predicted molar refractivity (Wildman–Crippen MR) is 57.0 cm³/mol. The highest BCUT2D eigenvalue weighted by Gasteiger charge is 2.11. The minimum absolute atomic E-state index is 0.448. The highest BCUT2D eigenvalue weighted by Crippen LogP contribution is 2.32. The Balaban J connectivity index is 2.45. The smallest absolute Gasteiger partial charge is 0.238 e. The lowest BCUT2D eigenvalue weighted by molar-refractivity contribution is 0.572. The molecule has 0 radical (unpaired) electrons. The molecule has 2 nitrogen and oxygen atoms in total. The Hall–Kier alpha value is -1.01. The van der Waals surface area contributed by atoms with Gasteiger partial charge < -0.3 is 0 Å². The molecular formula is C9H6F2N2S2. The van der Waals surface area contributed by atoms with E-state index < -0.39 is 11.8 Å². The summed E-state index contributed by atoms with van der Waals surface area (Å²) in [7, 11) is 0. The summed E-state index contributed by atoms with van der Waals surface area (Å²) in [5.74, 6) is -0.958. The van der Waals surface area contributed by atoms with Gasteiger partial charge in [-0.2, -0.15) is 4.39 Å². The number of thiazole rings is 1. The van der Waals surface area contributed by atoms with E-state index in [1.807, 2.05) is 0 Å². The highest BCUT2D eigenvalue weighted by atomic mass is 32.2. The molecule has 15 heavy (non-hydrogen) atoms. The van der Waals surface area contributed by atoms with Crippen molar-refractivity contribution in [3.63, 3.8) is 0 Å². The van der Waals surface area contributed by atoms with Crippen LogP contribution in [0.3, 0.4) is 0 Å². The highest BCUT2D eigenvalue weighted by molar-refractivity contribution is 8.00. The minimum Gasteiger partial charge on any atom is -0.261 e. The molecule has 2 aromatic rings. The van der Waals surface area contributed by atoms with Crippen molar-refractivity contribution >= 4 is 23.1 Å². The summed E-state index contributed by atoms with van der Waals surface area (Å²) < 4.78 is 26.5. The monoisotopic (exact) mass is 244 g/mol. The first-order valence-electron chi connectivity index (χ1n) is 4.02. The number of hydrogen-bond acceptors (Lipinski definition) is 4. The van der Waals surface area contributed by atoms with E-state index in [9.17, 15) is 8.78 Å². The maximum Gasteiger partial charge on any atom is 0.238 e. The maximum atomic E-state index is 13.2. The maximum absolute atomic E-state index is 13.2. The van der Waals surface area contributed by atoms with Crippen LogP contribution in [0.15, 0.2) is 22.7 Å². The van der Waals surface area contributed by atoms with Crippen molar-refractivity contribution in [2.24, 2.45) is 0 Å². The summed E-state index contributed by atoms with van der Waals surface area (Å²) >= 11 is 2.47. The second kappa shape index (κ2) is 4.24. The Morgan fingerprint density at radius 1 is 1.33 bits per heavy atom. The number of pyridine rings is 1. The van der Waals surface area contributed by atoms with Gasteiger partial charge in [-0.05, 0) is 12.3 Å². The van der Waals surface area contributed by atoms with Gasteiger partial charge in [-0.3, -0.25) is 4.98 Å². The Kier molecular flexibility index (Phi) is 2.97. The number of aromatic nitrogens is 2. The summed E-state index contributed by atoms with van der Waals surface area (Å²) in [5.41, 5.74) is 0.499. The van der Waals surface area contributed by atoms with Gasteiger partial charge in [0.25, 0.3) is 0 Å². The fourth-order valence-electron chi connectivity index (χ4n) is 1.07. The number of nitrogens with zero attached hydrogens (tertiary/aromatic N) is 2. The summed E-state index contributed by atoms with van der Waals surface area (Å²) in [6.45, 7) is 0. The molecule has 0 unspecified atom stereocenters. The predicted octanol–water partition coefficient (Wildman–Crippen LogP) is 3.21. The second-order valence-electron chi connectivity index (χ2n) is 2.69. The van der Waals surface area contributed by atoms with Crippen LogP contribution >= 0.6 is 23.1 Å². The van der Waals surface area contributed by atoms with Crippen molar-refractivity contribution in [2.75, 3.05) is 6.26 Å². The molecular weight excluding hydrogens is 238 g/mol. The lowest BCUT2D eigenvalue weighted by atomic mass is 10.3. The normalized spacial score (nSPS) is 10.6. The summed E-state index contributed by atoms with van der Waals surface area (Å²) in [6.07, 6.45) is 4.33. The Labute approximate surface area is 93.4 Å². The van der Waals surface area contributed by atoms with Gasteiger partial charge in [0.1, 0.15) is 15.0 Å². The molecule has 0 spiro atoms. The molecule has 0 atom stereocenters. The van der Waals surface area contributed by atoms with E-state index in [2.05, 4.69) is 9.97 Å². The van der Waals surface area contributed by atoms with E-state index in [1.165, 1.54) is 35.4 Å². The zero-order chi connectivity index (χ0) is 10.8. The third-order valence-corrected chi connectivity index (χ3v) is 3.86. The zero-order valence-electron chi connectivity index (χ0n) is 7.70. The van der Waals surface area contributed by atoms with Crippen molar-refractivity contribution in [2.45, 2.75) is 4.21 Å². The lowest BCUT2D eigenvalue weighted by Crippen LogP contribution is -1.82. The van der Waals surface area contributed by atoms with E-state index >= 15 is 0 Å². The molecule has 78 valence electrons. The lowest BCUT2D eigenvalue weighted by Gasteiger charge is -1.93. The van der Waals surface area contributed by atoms with Crippen LogP contribution < -0.4 is 0 Å². The van der Waals surface area contributed by atoms with Crippen LogP contribution in [0.4, 0.5) is 8.78 Å². The fraction of sp³-hybridized carbons (Fsp3) is 0.111. The molecule has 0 aliphatic rings. The number of rotatable bonds is 2. The van der Waals surface area contributed by atoms with Crippen molar-refractivity contribution in [1.29, 1.82) is 0 Å². The van der Waals surface area contributed by atoms with Crippen LogP contribution in [0.5, 0.6) is 0 Å². The van der Waals surface area contributed by atoms with E-state index in [-0.39, 0.29) is 0 Å². The first kappa shape index (κ1) is 10.5. The van der Waals surface area contributed by atoms with Gasteiger partial charge in [-0.1, -0.05) is 0 Å². The van der Waals surface area contributed by atoms with Gasteiger partial charge in [0.2, 0.25) is 5.95 Å². The first-order chi connectivity index (χ1) is 7.20. The van der Waals surface area contributed by atoms with Gasteiger partial charge in [-0.15, -0.1) is 23.1 Å². The number of halogens is 2. The molecule has 0 fully saturated rings. The van der Waals surface area contributed by atoms with Crippen LogP contribution in [0, 0.1) is 11.8 Å². The number of thioether (sulfide) groups is 1. The van der Waals surface area contributed by atoms with Gasteiger partial charge in [0, 0.05) is 11.8 Å². The Morgan fingerprint density at radius 3 is 2.73 bits per heavy atom. The molecule has 0 aromatic carbocycles. The minimum atomic E-state index is -0.508. The van der Waals surface area contributed by atoms with Crippen molar-refractivity contribution in [3.05, 3.63) is 30.2 Å². The summed E-state index contributed by atoms with van der Waals surface area (Å²) in [6, 6.07) is 1.29. The third kappa shape index (κ3) is 2.15. The van der Waals surface area contributed by atoms with Gasteiger partial charge >= 0.3 is 0 Å². The van der Waals surface area contributed by atoms with Crippen LogP contribution in [-0.4, -0.2) is 16.2 Å². The third-order valence-electron chi connectivity index (χ3n) is 1.69. The molecule has 0 bridgehead atoms. The van der Waals surface area contributed by atoms with Gasteiger partial charge in [0.05, 0.1) is 6.20 Å². The van der Waals surface area contributed by atoms with Crippen molar-refractivity contribution in [3.8, 4) is 10.6 Å².